The lowest BCUT2D eigenvalue weighted by Gasteiger charge is -2.04. The molecule has 8 heteroatoms. The fourth-order valence-corrected chi connectivity index (χ4v) is 3.27. The fourth-order valence-electron chi connectivity index (χ4n) is 2.72. The second kappa shape index (κ2) is 4.90. The predicted octanol–water partition coefficient (Wildman–Crippen LogP) is 1.64. The molecule has 0 saturated heterocycles. The second-order valence-corrected chi connectivity index (χ2v) is 6.41. The van der Waals surface area contributed by atoms with Crippen molar-refractivity contribution >= 4 is 26.9 Å². The van der Waals surface area contributed by atoms with E-state index in [9.17, 15) is 13.0 Å². The van der Waals surface area contributed by atoms with Crippen LogP contribution in [-0.2, 0) is 16.7 Å². The van der Waals surface area contributed by atoms with Crippen LogP contribution in [0.3, 0.4) is 0 Å². The molecule has 0 N–H and O–H groups in total. The molecule has 0 unspecified atom stereocenters. The van der Waals surface area contributed by atoms with E-state index in [1.54, 1.807) is 12.1 Å². The lowest BCUT2D eigenvalue weighted by molar-refractivity contribution is 0.454. The molecule has 23 heavy (non-hydrogen) atoms. The Balaban J connectivity index is 2.05. The molecule has 0 atom stereocenters. The standard InChI is InChI=1S/C15H12N4O3S/c20-23(21,22)15-17-16-14-18(10-11-6-2-1-3-7-11)12-8-4-5-9-13(12)19(14)15/h1-9H,10H2,(H,20,21,22)/p-1. The molecule has 0 amide bonds. The van der Waals surface area contributed by atoms with Gasteiger partial charge in [-0.1, -0.05) is 42.5 Å². The summed E-state index contributed by atoms with van der Waals surface area (Å²) >= 11 is 0. The molecule has 0 aliphatic heterocycles. The molecule has 0 aliphatic rings. The van der Waals surface area contributed by atoms with Gasteiger partial charge in [-0.05, 0) is 17.7 Å². The van der Waals surface area contributed by atoms with Crippen molar-refractivity contribution in [2.45, 2.75) is 11.7 Å². The van der Waals surface area contributed by atoms with Crippen molar-refractivity contribution in [1.29, 1.82) is 0 Å². The quantitative estimate of drug-likeness (QED) is 0.533. The van der Waals surface area contributed by atoms with Gasteiger partial charge in [0.1, 0.15) is 0 Å². The normalized spacial score (nSPS) is 12.2. The lowest BCUT2D eigenvalue weighted by Crippen LogP contribution is -2.04. The van der Waals surface area contributed by atoms with Crippen molar-refractivity contribution in [2.75, 3.05) is 0 Å². The maximum absolute atomic E-state index is 11.4. The average molecular weight is 327 g/mol. The summed E-state index contributed by atoms with van der Waals surface area (Å²) in [5.74, 6) is 0.324. The summed E-state index contributed by atoms with van der Waals surface area (Å²) in [5, 5.41) is 6.90. The maximum atomic E-state index is 11.4. The SMILES string of the molecule is O=S(=O)([O-])c1nnc2n(Cc3ccccc3)c3ccccc3n12. The first-order chi connectivity index (χ1) is 11.1. The molecule has 7 nitrogen and oxygen atoms in total. The molecule has 0 spiro atoms. The molecule has 0 radical (unpaired) electrons. The third-order valence-electron chi connectivity index (χ3n) is 3.68. The number of hydrogen-bond acceptors (Lipinski definition) is 5. The van der Waals surface area contributed by atoms with Gasteiger partial charge in [-0.25, -0.2) is 8.42 Å². The van der Waals surface area contributed by atoms with E-state index in [0.29, 0.717) is 17.8 Å². The van der Waals surface area contributed by atoms with Gasteiger partial charge in [-0.3, -0.25) is 4.40 Å². The van der Waals surface area contributed by atoms with Gasteiger partial charge in [0, 0.05) is 0 Å². The van der Waals surface area contributed by atoms with E-state index in [1.807, 2.05) is 47.0 Å². The zero-order chi connectivity index (χ0) is 16.0. The van der Waals surface area contributed by atoms with Gasteiger partial charge in [-0.2, -0.15) is 0 Å². The first-order valence-electron chi connectivity index (χ1n) is 6.88. The Morgan fingerprint density at radius 3 is 2.26 bits per heavy atom. The number of aromatic nitrogens is 4. The minimum Gasteiger partial charge on any atom is -0.742 e. The third-order valence-corrected chi connectivity index (χ3v) is 4.39. The van der Waals surface area contributed by atoms with Crippen LogP contribution in [0.4, 0.5) is 0 Å². The Kier molecular flexibility index (Phi) is 2.97. The molecule has 4 aromatic rings. The van der Waals surface area contributed by atoms with Crippen LogP contribution in [0, 0.1) is 0 Å². The van der Waals surface area contributed by atoms with E-state index in [0.717, 1.165) is 11.1 Å². The number of rotatable bonds is 3. The van der Waals surface area contributed by atoms with Crippen LogP contribution in [0.1, 0.15) is 5.56 Å². The minimum absolute atomic E-state index is 0.324. The number of fused-ring (bicyclic) bond motifs is 3. The first kappa shape index (κ1) is 13.9. The zero-order valence-electron chi connectivity index (χ0n) is 11.8. The van der Waals surface area contributed by atoms with Crippen LogP contribution >= 0.6 is 0 Å². The number of para-hydroxylation sites is 2. The lowest BCUT2D eigenvalue weighted by atomic mass is 10.2. The molecular formula is C15H11N4O3S-. The van der Waals surface area contributed by atoms with Crippen molar-refractivity contribution in [3.8, 4) is 0 Å². The van der Waals surface area contributed by atoms with E-state index in [-0.39, 0.29) is 0 Å². The highest BCUT2D eigenvalue weighted by Gasteiger charge is 2.19. The number of imidazole rings is 1. The molecule has 0 saturated carbocycles. The zero-order valence-corrected chi connectivity index (χ0v) is 12.6. The molecule has 0 aliphatic carbocycles. The molecule has 2 aromatic heterocycles. The monoisotopic (exact) mass is 327 g/mol. The molecule has 4 rings (SSSR count). The Bertz CT molecular complexity index is 1110. The summed E-state index contributed by atoms with van der Waals surface area (Å²) < 4.78 is 37.4. The van der Waals surface area contributed by atoms with Crippen LogP contribution in [0.25, 0.3) is 16.8 Å². The van der Waals surface area contributed by atoms with Gasteiger partial charge in [0.15, 0.2) is 10.1 Å². The Morgan fingerprint density at radius 1 is 0.913 bits per heavy atom. The summed E-state index contributed by atoms with van der Waals surface area (Å²) in [4.78, 5) is 0. The van der Waals surface area contributed by atoms with E-state index >= 15 is 0 Å². The highest BCUT2D eigenvalue weighted by atomic mass is 32.2. The number of hydrogen-bond donors (Lipinski definition) is 0. The number of benzene rings is 2. The third kappa shape index (κ3) is 2.19. The smallest absolute Gasteiger partial charge is 0.243 e. The Labute approximate surface area is 131 Å². The highest BCUT2D eigenvalue weighted by molar-refractivity contribution is 7.85. The molecular weight excluding hydrogens is 316 g/mol. The highest BCUT2D eigenvalue weighted by Crippen LogP contribution is 2.23. The van der Waals surface area contributed by atoms with E-state index in [2.05, 4.69) is 10.2 Å². The average Bonchev–Trinajstić information content (AvgIpc) is 3.08. The van der Waals surface area contributed by atoms with E-state index in [1.165, 1.54) is 4.40 Å². The second-order valence-electron chi connectivity index (χ2n) is 5.13. The largest absolute Gasteiger partial charge is 0.742 e. The van der Waals surface area contributed by atoms with Gasteiger partial charge >= 0.3 is 0 Å². The summed E-state index contributed by atoms with van der Waals surface area (Å²) in [5.41, 5.74) is 2.40. The summed E-state index contributed by atoms with van der Waals surface area (Å²) in [6.07, 6.45) is 0. The number of nitrogens with zero attached hydrogens (tertiary/aromatic N) is 4. The van der Waals surface area contributed by atoms with Crippen LogP contribution in [0.15, 0.2) is 59.8 Å². The van der Waals surface area contributed by atoms with Crippen LogP contribution < -0.4 is 0 Å². The fraction of sp³-hybridized carbons (Fsp3) is 0.0667. The molecule has 116 valence electrons. The Hall–Kier alpha value is -2.71. The van der Waals surface area contributed by atoms with Crippen LogP contribution in [-0.4, -0.2) is 32.1 Å². The molecule has 0 fully saturated rings. The van der Waals surface area contributed by atoms with Gasteiger partial charge in [0.05, 0.1) is 17.6 Å². The van der Waals surface area contributed by atoms with E-state index < -0.39 is 15.3 Å². The molecule has 2 aromatic carbocycles. The van der Waals surface area contributed by atoms with Crippen molar-refractivity contribution in [3.63, 3.8) is 0 Å². The topological polar surface area (TPSA) is 92.3 Å². The van der Waals surface area contributed by atoms with Crippen LogP contribution in [0.5, 0.6) is 0 Å². The van der Waals surface area contributed by atoms with Gasteiger partial charge in [-0.15, -0.1) is 10.2 Å². The predicted molar refractivity (Wildman–Crippen MR) is 82.0 cm³/mol. The van der Waals surface area contributed by atoms with Crippen LogP contribution in [0.2, 0.25) is 0 Å². The Morgan fingerprint density at radius 2 is 1.57 bits per heavy atom. The maximum Gasteiger partial charge on any atom is 0.243 e. The van der Waals surface area contributed by atoms with Gasteiger partial charge in [0.25, 0.3) is 0 Å². The van der Waals surface area contributed by atoms with E-state index in [4.69, 9.17) is 0 Å². The van der Waals surface area contributed by atoms with Crippen molar-refractivity contribution in [2.24, 2.45) is 0 Å². The summed E-state index contributed by atoms with van der Waals surface area (Å²) in [6, 6.07) is 16.9. The van der Waals surface area contributed by atoms with Crippen molar-refractivity contribution in [1.82, 2.24) is 19.2 Å². The van der Waals surface area contributed by atoms with Crippen molar-refractivity contribution < 1.29 is 13.0 Å². The molecule has 0 bridgehead atoms. The van der Waals surface area contributed by atoms with Crippen molar-refractivity contribution in [3.05, 3.63) is 60.2 Å². The first-order valence-corrected chi connectivity index (χ1v) is 8.29. The summed E-state index contributed by atoms with van der Waals surface area (Å²) in [6.45, 7) is 0.495. The van der Waals surface area contributed by atoms with Gasteiger partial charge in [0.2, 0.25) is 10.9 Å². The minimum atomic E-state index is -4.71. The van der Waals surface area contributed by atoms with Gasteiger partial charge < -0.3 is 9.12 Å². The molecule has 2 heterocycles. The summed E-state index contributed by atoms with van der Waals surface area (Å²) in [7, 11) is -4.71.